The molecule has 154 valence electrons. The molecule has 0 radical (unpaired) electrons. The van der Waals surface area contributed by atoms with Crippen LogP contribution < -0.4 is 20.1 Å². The van der Waals surface area contributed by atoms with Gasteiger partial charge in [-0.15, -0.1) is 0 Å². The minimum atomic E-state index is -0.227. The van der Waals surface area contributed by atoms with Gasteiger partial charge in [0.1, 0.15) is 13.2 Å². The molecule has 30 heavy (non-hydrogen) atoms. The monoisotopic (exact) mass is 422 g/mol. The van der Waals surface area contributed by atoms with Crippen molar-refractivity contribution in [2.24, 2.45) is 0 Å². The number of hydrogen-bond acceptors (Lipinski definition) is 4. The van der Waals surface area contributed by atoms with Gasteiger partial charge in [-0.25, -0.2) is 0 Å². The highest BCUT2D eigenvalue weighted by Gasteiger charge is 2.14. The highest BCUT2D eigenvalue weighted by atomic mass is 35.5. The maximum atomic E-state index is 12.5. The molecular weight excluding hydrogens is 400 g/mol. The van der Waals surface area contributed by atoms with Crippen molar-refractivity contribution in [1.82, 2.24) is 5.32 Å². The Labute approximate surface area is 181 Å². The Morgan fingerprint density at radius 2 is 1.80 bits per heavy atom. The molecule has 1 atom stereocenters. The van der Waals surface area contributed by atoms with Crippen molar-refractivity contribution in [1.29, 1.82) is 0 Å². The molecule has 0 bridgehead atoms. The average Bonchev–Trinajstić information content (AvgIpc) is 2.77. The highest BCUT2D eigenvalue weighted by Crippen LogP contribution is 2.32. The smallest absolute Gasteiger partial charge is 0.257 e. The lowest BCUT2D eigenvalue weighted by molar-refractivity contribution is 0.102. The molecule has 1 unspecified atom stereocenters. The van der Waals surface area contributed by atoms with Crippen LogP contribution in [0.25, 0.3) is 0 Å². The second kappa shape index (κ2) is 9.20. The molecule has 3 aromatic carbocycles. The van der Waals surface area contributed by atoms with Gasteiger partial charge in [-0.3, -0.25) is 4.79 Å². The summed E-state index contributed by atoms with van der Waals surface area (Å²) in [5.74, 6) is 1.35. The molecule has 0 saturated carbocycles. The van der Waals surface area contributed by atoms with E-state index in [9.17, 15) is 4.79 Å². The molecular formula is C24H23ClN2O3. The summed E-state index contributed by atoms with van der Waals surface area (Å²) in [5, 5.41) is 6.86. The topological polar surface area (TPSA) is 59.6 Å². The van der Waals surface area contributed by atoms with E-state index in [0.29, 0.717) is 30.3 Å². The first-order valence-corrected chi connectivity index (χ1v) is 10.3. The van der Waals surface area contributed by atoms with Gasteiger partial charge in [0.2, 0.25) is 0 Å². The van der Waals surface area contributed by atoms with Crippen LogP contribution >= 0.6 is 11.6 Å². The lowest BCUT2D eigenvalue weighted by atomic mass is 10.1. The SMILES string of the molecule is CC(NCc1cccc(NC(=O)c2ccccc2Cl)c1)c1ccc2c(c1)OCCO2. The molecule has 0 aromatic heterocycles. The number of hydrogen-bond donors (Lipinski definition) is 2. The summed E-state index contributed by atoms with van der Waals surface area (Å²) in [7, 11) is 0. The Morgan fingerprint density at radius 3 is 2.63 bits per heavy atom. The van der Waals surface area contributed by atoms with Crippen LogP contribution in [-0.4, -0.2) is 19.1 Å². The van der Waals surface area contributed by atoms with Crippen LogP contribution in [-0.2, 0) is 6.54 Å². The van der Waals surface area contributed by atoms with Crippen LogP contribution in [0, 0.1) is 0 Å². The first kappa shape index (κ1) is 20.3. The quantitative estimate of drug-likeness (QED) is 0.572. The summed E-state index contributed by atoms with van der Waals surface area (Å²) in [6.45, 7) is 3.92. The zero-order valence-corrected chi connectivity index (χ0v) is 17.4. The normalized spacial score (nSPS) is 13.5. The summed E-state index contributed by atoms with van der Waals surface area (Å²) in [4.78, 5) is 12.5. The summed E-state index contributed by atoms with van der Waals surface area (Å²) >= 11 is 6.12. The van der Waals surface area contributed by atoms with Gasteiger partial charge in [-0.2, -0.15) is 0 Å². The number of amides is 1. The third-order valence-corrected chi connectivity index (χ3v) is 5.31. The van der Waals surface area contributed by atoms with E-state index in [1.807, 2.05) is 42.5 Å². The van der Waals surface area contributed by atoms with Gasteiger partial charge in [0.05, 0.1) is 10.6 Å². The minimum Gasteiger partial charge on any atom is -0.486 e. The van der Waals surface area contributed by atoms with Crippen molar-refractivity contribution in [3.63, 3.8) is 0 Å². The molecule has 1 aliphatic heterocycles. The number of anilines is 1. The average molecular weight is 423 g/mol. The summed E-state index contributed by atoms with van der Waals surface area (Å²) in [6.07, 6.45) is 0. The Hall–Kier alpha value is -3.02. The number of fused-ring (bicyclic) bond motifs is 1. The number of rotatable bonds is 6. The molecule has 0 fully saturated rings. The lowest BCUT2D eigenvalue weighted by Gasteiger charge is -2.21. The maximum absolute atomic E-state index is 12.5. The fourth-order valence-electron chi connectivity index (χ4n) is 3.32. The maximum Gasteiger partial charge on any atom is 0.257 e. The van der Waals surface area contributed by atoms with Crippen molar-refractivity contribution in [2.75, 3.05) is 18.5 Å². The number of carbonyl (C=O) groups is 1. The molecule has 3 aromatic rings. The van der Waals surface area contributed by atoms with E-state index in [1.54, 1.807) is 24.3 Å². The van der Waals surface area contributed by atoms with Crippen LogP contribution in [0.15, 0.2) is 66.7 Å². The predicted molar refractivity (Wildman–Crippen MR) is 119 cm³/mol. The Bertz CT molecular complexity index is 1050. The van der Waals surface area contributed by atoms with Crippen LogP contribution in [0.5, 0.6) is 11.5 Å². The number of benzene rings is 3. The summed E-state index contributed by atoms with van der Waals surface area (Å²) in [6, 6.07) is 20.9. The lowest BCUT2D eigenvalue weighted by Crippen LogP contribution is -2.20. The van der Waals surface area contributed by atoms with Gasteiger partial charge < -0.3 is 20.1 Å². The van der Waals surface area contributed by atoms with Crippen molar-refractivity contribution < 1.29 is 14.3 Å². The Balaban J connectivity index is 1.38. The van der Waals surface area contributed by atoms with Gasteiger partial charge in [-0.05, 0) is 54.4 Å². The van der Waals surface area contributed by atoms with E-state index in [1.165, 1.54) is 0 Å². The van der Waals surface area contributed by atoms with Crippen LogP contribution in [0.2, 0.25) is 5.02 Å². The van der Waals surface area contributed by atoms with Gasteiger partial charge in [0.25, 0.3) is 5.91 Å². The van der Waals surface area contributed by atoms with Crippen molar-refractivity contribution >= 4 is 23.2 Å². The Morgan fingerprint density at radius 1 is 1.00 bits per heavy atom. The summed E-state index contributed by atoms with van der Waals surface area (Å²) < 4.78 is 11.3. The molecule has 1 amide bonds. The first-order valence-electron chi connectivity index (χ1n) is 9.88. The largest absolute Gasteiger partial charge is 0.486 e. The number of carbonyl (C=O) groups excluding carboxylic acids is 1. The fraction of sp³-hybridized carbons (Fsp3) is 0.208. The van der Waals surface area contributed by atoms with Crippen LogP contribution in [0.1, 0.15) is 34.5 Å². The van der Waals surface area contributed by atoms with E-state index < -0.39 is 0 Å². The van der Waals surface area contributed by atoms with Gasteiger partial charge in [0, 0.05) is 18.3 Å². The van der Waals surface area contributed by atoms with E-state index in [-0.39, 0.29) is 11.9 Å². The van der Waals surface area contributed by atoms with Gasteiger partial charge in [0.15, 0.2) is 11.5 Å². The van der Waals surface area contributed by atoms with E-state index in [0.717, 1.165) is 28.3 Å². The van der Waals surface area contributed by atoms with E-state index >= 15 is 0 Å². The van der Waals surface area contributed by atoms with Gasteiger partial charge >= 0.3 is 0 Å². The highest BCUT2D eigenvalue weighted by molar-refractivity contribution is 6.34. The van der Waals surface area contributed by atoms with Crippen LogP contribution in [0.4, 0.5) is 5.69 Å². The molecule has 0 spiro atoms. The second-order valence-corrected chi connectivity index (χ2v) is 7.55. The molecule has 1 aliphatic rings. The Kier molecular flexibility index (Phi) is 6.21. The van der Waals surface area contributed by atoms with Crippen molar-refractivity contribution in [3.05, 3.63) is 88.4 Å². The summed E-state index contributed by atoms with van der Waals surface area (Å²) in [5.41, 5.74) is 3.37. The number of halogens is 1. The predicted octanol–water partition coefficient (Wildman–Crippen LogP) is 5.21. The second-order valence-electron chi connectivity index (χ2n) is 7.14. The number of nitrogens with one attached hydrogen (secondary N) is 2. The minimum absolute atomic E-state index is 0.127. The molecule has 1 heterocycles. The zero-order chi connectivity index (χ0) is 20.9. The van der Waals surface area contributed by atoms with Crippen molar-refractivity contribution in [3.8, 4) is 11.5 Å². The van der Waals surface area contributed by atoms with E-state index in [4.69, 9.17) is 21.1 Å². The first-order chi connectivity index (χ1) is 14.6. The molecule has 4 rings (SSSR count). The number of ether oxygens (including phenoxy) is 2. The standard InChI is InChI=1S/C24H23ClN2O3/c1-16(18-9-10-22-23(14-18)30-12-11-29-22)26-15-17-5-4-6-19(13-17)27-24(28)20-7-2-3-8-21(20)25/h2-10,13-14,16,26H,11-12,15H2,1H3,(H,27,28). The van der Waals surface area contributed by atoms with Crippen molar-refractivity contribution in [2.45, 2.75) is 19.5 Å². The molecule has 0 aliphatic carbocycles. The fourth-order valence-corrected chi connectivity index (χ4v) is 3.54. The molecule has 0 saturated heterocycles. The van der Waals surface area contributed by atoms with Crippen LogP contribution in [0.3, 0.4) is 0 Å². The molecule has 5 nitrogen and oxygen atoms in total. The van der Waals surface area contributed by atoms with Gasteiger partial charge in [-0.1, -0.05) is 41.9 Å². The third kappa shape index (κ3) is 4.75. The molecule has 6 heteroatoms. The third-order valence-electron chi connectivity index (χ3n) is 4.98. The molecule has 2 N–H and O–H groups in total. The van der Waals surface area contributed by atoms with E-state index in [2.05, 4.69) is 17.6 Å². The zero-order valence-electron chi connectivity index (χ0n) is 16.7.